The van der Waals surface area contributed by atoms with Gasteiger partial charge in [0.15, 0.2) is 0 Å². The number of fused-ring (bicyclic) bond motifs is 1. The van der Waals surface area contributed by atoms with Crippen LogP contribution in [-0.2, 0) is 20.8 Å². The number of carbonyl (C=O) groups is 4. The molecule has 214 valence electrons. The van der Waals surface area contributed by atoms with Crippen molar-refractivity contribution < 1.29 is 29.0 Å². The number of likely N-dealkylation sites (tertiary alicyclic amines) is 1. The lowest BCUT2D eigenvalue weighted by atomic mass is 9.83. The SMILES string of the molecule is CCCCN(CCN)C(=O)CN1C[C@H](c2ccc3c(c2)CCO3)C(C(=O)O)[C@@H]1CCN1CCC(=O)N(C)C1=O. The summed E-state index contributed by atoms with van der Waals surface area (Å²) in [5, 5.41) is 10.4. The molecule has 0 bridgehead atoms. The van der Waals surface area contributed by atoms with Crippen LogP contribution in [0.1, 0.15) is 49.7 Å². The third-order valence-corrected chi connectivity index (χ3v) is 8.27. The number of urea groups is 1. The van der Waals surface area contributed by atoms with Crippen LogP contribution in [0.15, 0.2) is 18.2 Å². The highest BCUT2D eigenvalue weighted by atomic mass is 16.5. The summed E-state index contributed by atoms with van der Waals surface area (Å²) in [6.07, 6.45) is 3.23. The molecule has 1 aromatic carbocycles. The molecule has 1 unspecified atom stereocenters. The molecular weight excluding hydrogens is 502 g/mol. The summed E-state index contributed by atoms with van der Waals surface area (Å²) in [6, 6.07) is 5.06. The topological polar surface area (TPSA) is 137 Å². The van der Waals surface area contributed by atoms with Gasteiger partial charge in [0.1, 0.15) is 5.75 Å². The van der Waals surface area contributed by atoms with Gasteiger partial charge in [0.2, 0.25) is 11.8 Å². The zero-order valence-electron chi connectivity index (χ0n) is 23.0. The highest BCUT2D eigenvalue weighted by Gasteiger charge is 2.47. The Balaban J connectivity index is 1.58. The summed E-state index contributed by atoms with van der Waals surface area (Å²) in [5.41, 5.74) is 7.78. The van der Waals surface area contributed by atoms with Gasteiger partial charge in [0.05, 0.1) is 19.1 Å². The van der Waals surface area contributed by atoms with Gasteiger partial charge in [-0.05, 0) is 30.0 Å². The highest BCUT2D eigenvalue weighted by Crippen LogP contribution is 2.41. The van der Waals surface area contributed by atoms with E-state index in [9.17, 15) is 24.3 Å². The molecule has 3 atom stereocenters. The first-order chi connectivity index (χ1) is 18.7. The Morgan fingerprint density at radius 3 is 2.72 bits per heavy atom. The molecule has 2 fully saturated rings. The van der Waals surface area contributed by atoms with Crippen LogP contribution in [0.5, 0.6) is 5.75 Å². The summed E-state index contributed by atoms with van der Waals surface area (Å²) in [4.78, 5) is 57.2. The molecule has 0 aromatic heterocycles. The number of rotatable bonds is 12. The molecule has 3 heterocycles. The second kappa shape index (κ2) is 12.8. The van der Waals surface area contributed by atoms with Gasteiger partial charge in [0.25, 0.3) is 0 Å². The van der Waals surface area contributed by atoms with E-state index in [0.29, 0.717) is 52.3 Å². The molecule has 4 rings (SSSR count). The van der Waals surface area contributed by atoms with Gasteiger partial charge in [0, 0.05) is 71.1 Å². The standard InChI is InChI=1S/C28H41N5O6/c1-3-4-11-31(14-10-29)25(35)18-33-17-21(19-5-6-23-20(16-19)9-15-39-23)26(27(36)37)22(33)7-12-32-13-8-24(34)30(2)28(32)38/h5-6,16,21-22,26H,3-4,7-15,17-18,29H2,1-2H3,(H,36,37)/t21-,22+,26?/m1/s1. The monoisotopic (exact) mass is 543 g/mol. The number of imide groups is 1. The predicted octanol–water partition coefficient (Wildman–Crippen LogP) is 1.35. The first kappa shape index (κ1) is 28.8. The second-order valence-corrected chi connectivity index (χ2v) is 10.7. The summed E-state index contributed by atoms with van der Waals surface area (Å²) in [5.74, 6) is -1.44. The minimum absolute atomic E-state index is 0.0644. The molecule has 3 aliphatic heterocycles. The number of hydrogen-bond acceptors (Lipinski definition) is 7. The van der Waals surface area contributed by atoms with Crippen molar-refractivity contribution in [3.05, 3.63) is 29.3 Å². The van der Waals surface area contributed by atoms with Crippen molar-refractivity contribution in [2.45, 2.75) is 51.0 Å². The zero-order valence-corrected chi connectivity index (χ0v) is 23.0. The molecule has 0 spiro atoms. The van der Waals surface area contributed by atoms with E-state index in [0.717, 1.165) is 41.0 Å². The molecule has 11 nitrogen and oxygen atoms in total. The van der Waals surface area contributed by atoms with Gasteiger partial charge >= 0.3 is 12.0 Å². The average molecular weight is 544 g/mol. The van der Waals surface area contributed by atoms with E-state index in [-0.39, 0.29) is 36.7 Å². The first-order valence-electron chi connectivity index (χ1n) is 14.0. The predicted molar refractivity (Wildman–Crippen MR) is 144 cm³/mol. The number of aliphatic carboxylic acids is 1. The van der Waals surface area contributed by atoms with Crippen molar-refractivity contribution in [1.29, 1.82) is 0 Å². The molecule has 11 heteroatoms. The molecule has 39 heavy (non-hydrogen) atoms. The van der Waals surface area contributed by atoms with Crippen LogP contribution in [0.4, 0.5) is 4.79 Å². The number of ether oxygens (including phenoxy) is 1. The van der Waals surface area contributed by atoms with Crippen LogP contribution in [0.25, 0.3) is 0 Å². The van der Waals surface area contributed by atoms with Crippen molar-refractivity contribution >= 4 is 23.8 Å². The summed E-state index contributed by atoms with van der Waals surface area (Å²) < 4.78 is 5.65. The summed E-state index contributed by atoms with van der Waals surface area (Å²) >= 11 is 0. The zero-order chi connectivity index (χ0) is 28.1. The Labute approximate surface area is 229 Å². The van der Waals surface area contributed by atoms with Crippen molar-refractivity contribution in [3.63, 3.8) is 0 Å². The number of nitrogens with zero attached hydrogens (tertiary/aromatic N) is 4. The maximum absolute atomic E-state index is 13.4. The number of carboxylic acids is 1. The van der Waals surface area contributed by atoms with Gasteiger partial charge in [-0.1, -0.05) is 25.5 Å². The van der Waals surface area contributed by atoms with Crippen LogP contribution in [-0.4, -0.2) is 114 Å². The van der Waals surface area contributed by atoms with Gasteiger partial charge in [-0.3, -0.25) is 24.2 Å². The lowest BCUT2D eigenvalue weighted by Crippen LogP contribution is -2.52. The first-order valence-corrected chi connectivity index (χ1v) is 14.0. The molecule has 2 saturated heterocycles. The van der Waals surface area contributed by atoms with Gasteiger partial charge in [-0.25, -0.2) is 4.79 Å². The van der Waals surface area contributed by atoms with Crippen molar-refractivity contribution in [2.75, 3.05) is 59.5 Å². The third-order valence-electron chi connectivity index (χ3n) is 8.27. The van der Waals surface area contributed by atoms with Crippen LogP contribution < -0.4 is 10.5 Å². The van der Waals surface area contributed by atoms with Gasteiger partial charge in [-0.2, -0.15) is 0 Å². The Morgan fingerprint density at radius 1 is 1.21 bits per heavy atom. The number of carboxylic acid groups (broad SMARTS) is 1. The normalized spacial score (nSPS) is 23.2. The number of carbonyl (C=O) groups excluding carboxylic acids is 3. The molecule has 3 aliphatic rings. The molecule has 1 aromatic rings. The van der Waals surface area contributed by atoms with E-state index < -0.39 is 17.9 Å². The van der Waals surface area contributed by atoms with E-state index in [4.69, 9.17) is 10.5 Å². The lowest BCUT2D eigenvalue weighted by Gasteiger charge is -2.34. The Hall–Kier alpha value is -3.18. The van der Waals surface area contributed by atoms with Crippen LogP contribution >= 0.6 is 0 Å². The van der Waals surface area contributed by atoms with Crippen molar-refractivity contribution in [3.8, 4) is 5.75 Å². The van der Waals surface area contributed by atoms with E-state index in [1.807, 2.05) is 23.1 Å². The molecule has 4 amide bonds. The number of unbranched alkanes of at least 4 members (excludes halogenated alkanes) is 1. The average Bonchev–Trinajstić information content (AvgIpc) is 3.53. The largest absolute Gasteiger partial charge is 0.493 e. The highest BCUT2D eigenvalue weighted by molar-refractivity contribution is 5.96. The minimum atomic E-state index is -0.918. The Bertz CT molecular complexity index is 1080. The van der Waals surface area contributed by atoms with Crippen LogP contribution in [0.2, 0.25) is 0 Å². The fourth-order valence-electron chi connectivity index (χ4n) is 6.08. The number of benzene rings is 1. The fourth-order valence-corrected chi connectivity index (χ4v) is 6.08. The summed E-state index contributed by atoms with van der Waals surface area (Å²) in [7, 11) is 1.47. The number of amides is 4. The maximum Gasteiger partial charge on any atom is 0.326 e. The van der Waals surface area contributed by atoms with E-state index in [1.54, 1.807) is 9.80 Å². The van der Waals surface area contributed by atoms with Gasteiger partial charge < -0.3 is 25.4 Å². The molecule has 0 radical (unpaired) electrons. The molecule has 3 N–H and O–H groups in total. The van der Waals surface area contributed by atoms with Gasteiger partial charge in [-0.15, -0.1) is 0 Å². The maximum atomic E-state index is 13.4. The fraction of sp³-hybridized carbons (Fsp3) is 0.643. The molecular formula is C28H41N5O6. The number of nitrogens with two attached hydrogens (primary N) is 1. The number of hydrogen-bond donors (Lipinski definition) is 2. The molecule has 0 saturated carbocycles. The van der Waals surface area contributed by atoms with Crippen molar-refractivity contribution in [2.24, 2.45) is 11.7 Å². The quantitative estimate of drug-likeness (QED) is 0.403. The smallest absolute Gasteiger partial charge is 0.326 e. The van der Waals surface area contributed by atoms with E-state index in [1.165, 1.54) is 7.05 Å². The van der Waals surface area contributed by atoms with E-state index >= 15 is 0 Å². The van der Waals surface area contributed by atoms with Crippen LogP contribution in [0, 0.1) is 5.92 Å². The summed E-state index contributed by atoms with van der Waals surface area (Å²) in [6.45, 7) is 5.24. The second-order valence-electron chi connectivity index (χ2n) is 10.7. The minimum Gasteiger partial charge on any atom is -0.493 e. The van der Waals surface area contributed by atoms with E-state index in [2.05, 4.69) is 6.92 Å². The third kappa shape index (κ3) is 6.36. The van der Waals surface area contributed by atoms with Crippen molar-refractivity contribution in [1.82, 2.24) is 19.6 Å². The Morgan fingerprint density at radius 2 is 2.00 bits per heavy atom. The van der Waals surface area contributed by atoms with Crippen LogP contribution in [0.3, 0.4) is 0 Å². The lowest BCUT2D eigenvalue weighted by molar-refractivity contribution is -0.143. The Kier molecular flexibility index (Phi) is 9.45. The molecule has 0 aliphatic carbocycles.